The van der Waals surface area contributed by atoms with Gasteiger partial charge in [-0.1, -0.05) is 13.3 Å². The number of anilines is 1. The van der Waals surface area contributed by atoms with Crippen molar-refractivity contribution in [1.82, 2.24) is 0 Å². The molecule has 1 aromatic carbocycles. The molecule has 0 unspecified atom stereocenters. The van der Waals surface area contributed by atoms with E-state index in [2.05, 4.69) is 10.5 Å². The second-order valence-electron chi connectivity index (χ2n) is 5.17. The van der Waals surface area contributed by atoms with Crippen LogP contribution < -0.4 is 5.43 Å². The zero-order chi connectivity index (χ0) is 19.0. The molecule has 0 aromatic heterocycles. The van der Waals surface area contributed by atoms with Gasteiger partial charge in [0.25, 0.3) is 5.69 Å². The number of rotatable bonds is 9. The predicted molar refractivity (Wildman–Crippen MR) is 91.5 cm³/mol. The molecule has 0 aliphatic rings. The van der Waals surface area contributed by atoms with Crippen molar-refractivity contribution in [2.75, 3.05) is 12.0 Å². The number of nitro benzene ring substituents is 2. The maximum absolute atomic E-state index is 12.0. The summed E-state index contributed by atoms with van der Waals surface area (Å²) in [6.07, 6.45) is 1.26. The monoisotopic (exact) mass is 352 g/mol. The van der Waals surface area contributed by atoms with Gasteiger partial charge >= 0.3 is 11.7 Å². The van der Waals surface area contributed by atoms with Crippen molar-refractivity contribution in [2.45, 2.75) is 33.6 Å². The van der Waals surface area contributed by atoms with Gasteiger partial charge in [0.15, 0.2) is 0 Å². The topological polar surface area (TPSA) is 137 Å². The van der Waals surface area contributed by atoms with Crippen LogP contribution in [0.5, 0.6) is 0 Å². The number of hydrogen-bond donors (Lipinski definition) is 1. The number of nitrogens with zero attached hydrogens (tertiary/aromatic N) is 3. The number of hydrogen-bond acceptors (Lipinski definition) is 8. The maximum atomic E-state index is 12.0. The van der Waals surface area contributed by atoms with E-state index in [0.29, 0.717) is 12.1 Å². The molecule has 0 fully saturated rings. The first-order chi connectivity index (χ1) is 11.8. The number of hydrazone groups is 1. The van der Waals surface area contributed by atoms with Gasteiger partial charge < -0.3 is 4.74 Å². The normalized spacial score (nSPS) is 12.4. The van der Waals surface area contributed by atoms with E-state index < -0.39 is 33.1 Å². The predicted octanol–water partition coefficient (Wildman–Crippen LogP) is 3.27. The van der Waals surface area contributed by atoms with E-state index in [1.54, 1.807) is 13.8 Å². The van der Waals surface area contributed by atoms with Crippen molar-refractivity contribution in [3.05, 3.63) is 38.4 Å². The van der Waals surface area contributed by atoms with E-state index in [1.165, 1.54) is 6.07 Å². The summed E-state index contributed by atoms with van der Waals surface area (Å²) in [4.78, 5) is 32.3. The number of benzene rings is 1. The number of non-ortho nitro benzene ring substituents is 1. The van der Waals surface area contributed by atoms with E-state index in [0.717, 1.165) is 18.6 Å². The summed E-state index contributed by atoms with van der Waals surface area (Å²) >= 11 is 0. The average molecular weight is 352 g/mol. The van der Waals surface area contributed by atoms with Gasteiger partial charge in [-0.3, -0.25) is 30.4 Å². The minimum atomic E-state index is -0.741. The quantitative estimate of drug-likeness (QED) is 0.311. The van der Waals surface area contributed by atoms with E-state index in [-0.39, 0.29) is 12.3 Å². The van der Waals surface area contributed by atoms with Crippen LogP contribution in [0.15, 0.2) is 23.3 Å². The highest BCUT2D eigenvalue weighted by atomic mass is 16.6. The van der Waals surface area contributed by atoms with Gasteiger partial charge in [0.05, 0.1) is 28.4 Å². The lowest BCUT2D eigenvalue weighted by Gasteiger charge is -2.14. The van der Waals surface area contributed by atoms with Crippen LogP contribution in [0.25, 0.3) is 0 Å². The minimum absolute atomic E-state index is 0.00550. The third kappa shape index (κ3) is 5.52. The molecule has 0 aliphatic heterocycles. The Bertz CT molecular complexity index is 689. The third-order valence-electron chi connectivity index (χ3n) is 3.39. The van der Waals surface area contributed by atoms with E-state index in [9.17, 15) is 25.0 Å². The molecule has 0 saturated heterocycles. The second-order valence-corrected chi connectivity index (χ2v) is 5.17. The zero-order valence-electron chi connectivity index (χ0n) is 14.2. The van der Waals surface area contributed by atoms with E-state index >= 15 is 0 Å². The Balaban J connectivity index is 3.07. The highest BCUT2D eigenvalue weighted by Gasteiger charge is 2.23. The van der Waals surface area contributed by atoms with Crippen molar-refractivity contribution in [3.8, 4) is 0 Å². The Morgan fingerprint density at radius 1 is 1.28 bits per heavy atom. The van der Waals surface area contributed by atoms with E-state index in [1.807, 2.05) is 6.92 Å². The molecule has 1 atom stereocenters. The fourth-order valence-electron chi connectivity index (χ4n) is 2.13. The maximum Gasteiger partial charge on any atom is 0.314 e. The summed E-state index contributed by atoms with van der Waals surface area (Å²) in [5.74, 6) is -0.972. The Kier molecular flexibility index (Phi) is 7.44. The molecule has 0 heterocycles. The molecule has 10 heteroatoms. The van der Waals surface area contributed by atoms with Crippen LogP contribution in [0.1, 0.15) is 33.6 Å². The highest BCUT2D eigenvalue weighted by molar-refractivity contribution is 6.01. The van der Waals surface area contributed by atoms with Gasteiger partial charge in [-0.25, -0.2) is 0 Å². The molecule has 0 amide bonds. The average Bonchev–Trinajstić information content (AvgIpc) is 2.57. The Morgan fingerprint density at radius 2 is 1.96 bits per heavy atom. The van der Waals surface area contributed by atoms with Gasteiger partial charge in [0.1, 0.15) is 5.69 Å². The molecule has 0 radical (unpaired) electrons. The minimum Gasteiger partial charge on any atom is -0.465 e. The summed E-state index contributed by atoms with van der Waals surface area (Å²) in [7, 11) is 0. The van der Waals surface area contributed by atoms with Crippen molar-refractivity contribution in [3.63, 3.8) is 0 Å². The molecule has 136 valence electrons. The first-order valence-electron chi connectivity index (χ1n) is 7.71. The SMILES string of the molecule is CCC[C@H](C(=O)OCC)C(C)=NNc1ccc([N+](=O)[O-])cc1[N+](=O)[O-]. The summed E-state index contributed by atoms with van der Waals surface area (Å²) in [5.41, 5.74) is 2.04. The van der Waals surface area contributed by atoms with Crippen molar-refractivity contribution < 1.29 is 19.4 Å². The van der Waals surface area contributed by atoms with Crippen LogP contribution in [0.2, 0.25) is 0 Å². The lowest BCUT2D eigenvalue weighted by Crippen LogP contribution is -2.25. The van der Waals surface area contributed by atoms with Gasteiger partial charge in [0.2, 0.25) is 0 Å². The number of nitrogens with one attached hydrogen (secondary N) is 1. The molecule has 1 rings (SSSR count). The van der Waals surface area contributed by atoms with Gasteiger partial charge in [-0.05, 0) is 26.3 Å². The first-order valence-corrected chi connectivity index (χ1v) is 7.71. The molecule has 25 heavy (non-hydrogen) atoms. The number of carbonyl (C=O) groups excluding carboxylic acids is 1. The van der Waals surface area contributed by atoms with E-state index in [4.69, 9.17) is 4.74 Å². The zero-order valence-corrected chi connectivity index (χ0v) is 14.2. The molecule has 0 saturated carbocycles. The van der Waals surface area contributed by atoms with Crippen molar-refractivity contribution >= 4 is 28.7 Å². The van der Waals surface area contributed by atoms with Crippen LogP contribution in [0, 0.1) is 26.1 Å². The fraction of sp³-hybridized carbons (Fsp3) is 0.467. The smallest absolute Gasteiger partial charge is 0.314 e. The lowest BCUT2D eigenvalue weighted by atomic mass is 9.99. The summed E-state index contributed by atoms with van der Waals surface area (Å²) in [6.45, 7) is 5.47. The number of ether oxygens (including phenoxy) is 1. The Hall–Kier alpha value is -3.04. The van der Waals surface area contributed by atoms with Gasteiger partial charge in [-0.15, -0.1) is 0 Å². The standard InChI is InChI=1S/C15H20N4O6/c1-4-6-12(15(20)25-5-2)10(3)16-17-13-8-7-11(18(21)22)9-14(13)19(23)24/h7-9,12,17H,4-6H2,1-3H3/t12-/m0/s1. The molecule has 1 aromatic rings. The van der Waals surface area contributed by atoms with Crippen LogP contribution in [-0.2, 0) is 9.53 Å². The number of carbonyl (C=O) groups is 1. The lowest BCUT2D eigenvalue weighted by molar-refractivity contribution is -0.393. The molecule has 0 bridgehead atoms. The summed E-state index contributed by atoms with van der Waals surface area (Å²) in [6, 6.07) is 3.18. The van der Waals surface area contributed by atoms with Crippen molar-refractivity contribution in [1.29, 1.82) is 0 Å². The second kappa shape index (κ2) is 9.30. The van der Waals surface area contributed by atoms with Crippen LogP contribution >= 0.6 is 0 Å². The number of esters is 1. The Labute approximate surface area is 144 Å². The molecule has 1 N–H and O–H groups in total. The summed E-state index contributed by atoms with van der Waals surface area (Å²) < 4.78 is 5.00. The van der Waals surface area contributed by atoms with Crippen molar-refractivity contribution in [2.24, 2.45) is 11.0 Å². The fourth-order valence-corrected chi connectivity index (χ4v) is 2.13. The van der Waals surface area contributed by atoms with Crippen LogP contribution in [0.3, 0.4) is 0 Å². The summed E-state index contributed by atoms with van der Waals surface area (Å²) in [5, 5.41) is 25.9. The Morgan fingerprint density at radius 3 is 2.48 bits per heavy atom. The molecule has 10 nitrogen and oxygen atoms in total. The van der Waals surface area contributed by atoms with Crippen LogP contribution in [-0.4, -0.2) is 28.1 Å². The molecular formula is C15H20N4O6. The molecule has 0 aliphatic carbocycles. The number of nitro groups is 2. The molecular weight excluding hydrogens is 332 g/mol. The third-order valence-corrected chi connectivity index (χ3v) is 3.39. The van der Waals surface area contributed by atoms with Gasteiger partial charge in [-0.2, -0.15) is 5.10 Å². The van der Waals surface area contributed by atoms with Gasteiger partial charge in [0, 0.05) is 11.8 Å². The molecule has 0 spiro atoms. The first kappa shape index (κ1) is 20.0. The highest BCUT2D eigenvalue weighted by Crippen LogP contribution is 2.29. The van der Waals surface area contributed by atoms with Crippen LogP contribution in [0.4, 0.5) is 17.1 Å². The largest absolute Gasteiger partial charge is 0.465 e.